The van der Waals surface area contributed by atoms with Crippen molar-refractivity contribution in [2.45, 2.75) is 13.5 Å². The zero-order valence-corrected chi connectivity index (χ0v) is 11.0. The molecule has 1 amide bonds. The number of oxime groups is 1. The number of nitrogens with one attached hydrogen (secondary N) is 1. The molecule has 0 saturated heterocycles. The molecule has 6 nitrogen and oxygen atoms in total. The van der Waals surface area contributed by atoms with E-state index in [-0.39, 0.29) is 17.5 Å². The molecule has 0 aliphatic carbocycles. The second-order valence-electron chi connectivity index (χ2n) is 4.28. The van der Waals surface area contributed by atoms with Crippen LogP contribution in [-0.4, -0.2) is 17.0 Å². The SMILES string of the molecule is Cc1ccc(C(=O)NCc2ccc(C(N)=NO)cc2)o1. The van der Waals surface area contributed by atoms with Gasteiger partial charge in [-0.15, -0.1) is 0 Å². The molecule has 0 unspecified atom stereocenters. The van der Waals surface area contributed by atoms with Gasteiger partial charge in [0.2, 0.25) is 0 Å². The molecule has 0 fully saturated rings. The van der Waals surface area contributed by atoms with Gasteiger partial charge in [-0.25, -0.2) is 0 Å². The second-order valence-corrected chi connectivity index (χ2v) is 4.28. The number of rotatable bonds is 4. The first-order chi connectivity index (χ1) is 9.60. The Bertz CT molecular complexity index is 629. The highest BCUT2D eigenvalue weighted by Gasteiger charge is 2.09. The summed E-state index contributed by atoms with van der Waals surface area (Å²) < 4.78 is 5.23. The van der Waals surface area contributed by atoms with E-state index in [9.17, 15) is 4.79 Å². The van der Waals surface area contributed by atoms with E-state index in [1.807, 2.05) is 0 Å². The fraction of sp³-hybridized carbons (Fsp3) is 0.143. The third kappa shape index (κ3) is 3.17. The van der Waals surface area contributed by atoms with Crippen molar-refractivity contribution in [2.75, 3.05) is 0 Å². The van der Waals surface area contributed by atoms with Crippen molar-refractivity contribution in [2.24, 2.45) is 10.9 Å². The topological polar surface area (TPSA) is 101 Å². The summed E-state index contributed by atoms with van der Waals surface area (Å²) in [4.78, 5) is 11.8. The van der Waals surface area contributed by atoms with E-state index in [0.717, 1.165) is 5.56 Å². The number of amides is 1. The Labute approximate surface area is 115 Å². The van der Waals surface area contributed by atoms with Crippen LogP contribution >= 0.6 is 0 Å². The zero-order valence-electron chi connectivity index (χ0n) is 11.0. The van der Waals surface area contributed by atoms with Gasteiger partial charge >= 0.3 is 0 Å². The van der Waals surface area contributed by atoms with E-state index in [1.165, 1.54) is 0 Å². The molecule has 0 aliphatic rings. The van der Waals surface area contributed by atoms with Crippen LogP contribution in [0.2, 0.25) is 0 Å². The van der Waals surface area contributed by atoms with E-state index in [1.54, 1.807) is 43.3 Å². The van der Waals surface area contributed by atoms with Gasteiger partial charge in [-0.05, 0) is 24.6 Å². The predicted molar refractivity (Wildman–Crippen MR) is 73.6 cm³/mol. The second kappa shape index (κ2) is 5.92. The zero-order chi connectivity index (χ0) is 14.5. The number of benzene rings is 1. The van der Waals surface area contributed by atoms with E-state index in [0.29, 0.717) is 17.9 Å². The molecular formula is C14H15N3O3. The summed E-state index contributed by atoms with van der Waals surface area (Å²) >= 11 is 0. The molecule has 0 spiro atoms. The Kier molecular flexibility index (Phi) is 4.05. The van der Waals surface area contributed by atoms with Gasteiger partial charge in [-0.2, -0.15) is 0 Å². The lowest BCUT2D eigenvalue weighted by Gasteiger charge is -2.05. The van der Waals surface area contributed by atoms with Crippen LogP contribution in [0.4, 0.5) is 0 Å². The van der Waals surface area contributed by atoms with Crippen molar-refractivity contribution in [3.63, 3.8) is 0 Å². The minimum atomic E-state index is -0.265. The summed E-state index contributed by atoms with van der Waals surface area (Å²) in [5.74, 6) is 0.763. The van der Waals surface area contributed by atoms with Crippen LogP contribution in [0.1, 0.15) is 27.4 Å². The molecule has 1 aromatic heterocycles. The Morgan fingerprint density at radius 3 is 2.55 bits per heavy atom. The van der Waals surface area contributed by atoms with Gasteiger partial charge in [0.05, 0.1) is 0 Å². The summed E-state index contributed by atoms with van der Waals surface area (Å²) in [5, 5.41) is 14.2. The summed E-state index contributed by atoms with van der Waals surface area (Å²) in [6.07, 6.45) is 0. The fourth-order valence-electron chi connectivity index (χ4n) is 1.68. The molecule has 1 heterocycles. The molecule has 0 bridgehead atoms. The molecule has 6 heteroatoms. The predicted octanol–water partition coefficient (Wildman–Crippen LogP) is 1.61. The molecule has 104 valence electrons. The Morgan fingerprint density at radius 1 is 1.30 bits per heavy atom. The molecule has 20 heavy (non-hydrogen) atoms. The summed E-state index contributed by atoms with van der Waals surface area (Å²) in [5.41, 5.74) is 6.98. The summed E-state index contributed by atoms with van der Waals surface area (Å²) in [7, 11) is 0. The number of nitrogens with zero attached hydrogens (tertiary/aromatic N) is 1. The standard InChI is InChI=1S/C14H15N3O3/c1-9-2-7-12(20-9)14(18)16-8-10-3-5-11(6-4-10)13(15)17-19/h2-7,19H,8H2,1H3,(H2,15,17)(H,16,18). The van der Waals surface area contributed by atoms with Gasteiger partial charge in [-0.1, -0.05) is 29.4 Å². The van der Waals surface area contributed by atoms with Gasteiger partial charge in [0.1, 0.15) is 5.76 Å². The highest BCUT2D eigenvalue weighted by Crippen LogP contribution is 2.07. The quantitative estimate of drug-likeness (QED) is 0.341. The summed E-state index contributed by atoms with van der Waals surface area (Å²) in [6.45, 7) is 2.15. The van der Waals surface area contributed by atoms with Crippen LogP contribution in [0.3, 0.4) is 0 Å². The number of aryl methyl sites for hydroxylation is 1. The van der Waals surface area contributed by atoms with E-state index in [2.05, 4.69) is 10.5 Å². The number of furan rings is 1. The first-order valence-electron chi connectivity index (χ1n) is 6.01. The maximum Gasteiger partial charge on any atom is 0.287 e. The largest absolute Gasteiger partial charge is 0.456 e. The Balaban J connectivity index is 1.96. The Morgan fingerprint density at radius 2 is 2.00 bits per heavy atom. The number of carbonyl (C=O) groups is 1. The molecule has 0 radical (unpaired) electrons. The van der Waals surface area contributed by atoms with Crippen LogP contribution in [0.15, 0.2) is 46.0 Å². The lowest BCUT2D eigenvalue weighted by atomic mass is 10.1. The molecule has 2 aromatic rings. The van der Waals surface area contributed by atoms with Crippen LogP contribution in [0.5, 0.6) is 0 Å². The van der Waals surface area contributed by atoms with Crippen molar-refractivity contribution in [3.8, 4) is 0 Å². The van der Waals surface area contributed by atoms with Gasteiger partial charge < -0.3 is 20.7 Å². The van der Waals surface area contributed by atoms with Crippen LogP contribution in [0.25, 0.3) is 0 Å². The lowest BCUT2D eigenvalue weighted by molar-refractivity contribution is 0.0922. The van der Waals surface area contributed by atoms with Crippen LogP contribution in [0, 0.1) is 6.92 Å². The van der Waals surface area contributed by atoms with Gasteiger partial charge in [0.25, 0.3) is 5.91 Å². The van der Waals surface area contributed by atoms with Gasteiger partial charge in [-0.3, -0.25) is 4.79 Å². The maximum atomic E-state index is 11.8. The average molecular weight is 273 g/mol. The third-order valence-corrected chi connectivity index (χ3v) is 2.77. The van der Waals surface area contributed by atoms with Gasteiger partial charge in [0, 0.05) is 12.1 Å². The lowest BCUT2D eigenvalue weighted by Crippen LogP contribution is -2.22. The normalized spacial score (nSPS) is 11.3. The number of hydrogen-bond donors (Lipinski definition) is 3. The fourth-order valence-corrected chi connectivity index (χ4v) is 1.68. The number of amidine groups is 1. The van der Waals surface area contributed by atoms with Crippen molar-refractivity contribution < 1.29 is 14.4 Å². The van der Waals surface area contributed by atoms with Crippen LogP contribution in [-0.2, 0) is 6.54 Å². The first-order valence-corrected chi connectivity index (χ1v) is 6.01. The van der Waals surface area contributed by atoms with Crippen molar-refractivity contribution in [1.29, 1.82) is 0 Å². The first kappa shape index (κ1) is 13.7. The number of carbonyl (C=O) groups excluding carboxylic acids is 1. The molecular weight excluding hydrogens is 258 g/mol. The number of nitrogens with two attached hydrogens (primary N) is 1. The van der Waals surface area contributed by atoms with E-state index in [4.69, 9.17) is 15.4 Å². The summed E-state index contributed by atoms with van der Waals surface area (Å²) in [6, 6.07) is 10.4. The van der Waals surface area contributed by atoms with Crippen LogP contribution < -0.4 is 11.1 Å². The average Bonchev–Trinajstić information content (AvgIpc) is 2.91. The highest BCUT2D eigenvalue weighted by atomic mass is 16.4. The van der Waals surface area contributed by atoms with Crippen molar-refractivity contribution in [3.05, 3.63) is 59.0 Å². The third-order valence-electron chi connectivity index (χ3n) is 2.77. The Hall–Kier alpha value is -2.76. The molecule has 0 saturated carbocycles. The molecule has 0 atom stereocenters. The molecule has 1 aromatic carbocycles. The minimum Gasteiger partial charge on any atom is -0.456 e. The van der Waals surface area contributed by atoms with E-state index < -0.39 is 0 Å². The molecule has 4 N–H and O–H groups in total. The smallest absolute Gasteiger partial charge is 0.287 e. The maximum absolute atomic E-state index is 11.8. The van der Waals surface area contributed by atoms with Crippen molar-refractivity contribution >= 4 is 11.7 Å². The molecule has 2 rings (SSSR count). The van der Waals surface area contributed by atoms with Crippen molar-refractivity contribution in [1.82, 2.24) is 5.32 Å². The molecule has 0 aliphatic heterocycles. The number of hydrogen-bond acceptors (Lipinski definition) is 4. The van der Waals surface area contributed by atoms with Gasteiger partial charge in [0.15, 0.2) is 11.6 Å². The minimum absolute atomic E-state index is 0.0478. The van der Waals surface area contributed by atoms with E-state index >= 15 is 0 Å². The highest BCUT2D eigenvalue weighted by molar-refractivity contribution is 5.97. The monoisotopic (exact) mass is 273 g/mol.